The van der Waals surface area contributed by atoms with E-state index in [-0.39, 0.29) is 0 Å². The Bertz CT molecular complexity index is 406. The maximum atomic E-state index is 5.85. The Balaban J connectivity index is 2.28. The van der Waals surface area contributed by atoms with Crippen LogP contribution in [0, 0.1) is 18.8 Å². The van der Waals surface area contributed by atoms with E-state index in [9.17, 15) is 0 Å². The lowest BCUT2D eigenvalue weighted by Crippen LogP contribution is -2.05. The Morgan fingerprint density at radius 2 is 1.90 bits per heavy atom. The molecule has 1 aromatic rings. The highest BCUT2D eigenvalue weighted by Gasteiger charge is 2.04. The highest BCUT2D eigenvalue weighted by Crippen LogP contribution is 2.20. The molecule has 112 valence electrons. The van der Waals surface area contributed by atoms with Crippen molar-refractivity contribution in [3.05, 3.63) is 35.9 Å². The molecule has 0 spiro atoms. The van der Waals surface area contributed by atoms with Crippen molar-refractivity contribution in [2.45, 2.75) is 53.4 Å². The van der Waals surface area contributed by atoms with Crippen molar-refractivity contribution in [3.8, 4) is 5.75 Å². The molecule has 0 N–H and O–H groups in total. The van der Waals surface area contributed by atoms with Crippen LogP contribution in [0.5, 0.6) is 5.75 Å². The maximum Gasteiger partial charge on any atom is 0.119 e. The van der Waals surface area contributed by atoms with Crippen molar-refractivity contribution in [3.63, 3.8) is 0 Å². The minimum absolute atomic E-state index is 0.748. The number of aryl methyl sites for hydroxylation is 1. The van der Waals surface area contributed by atoms with E-state index in [1.807, 2.05) is 12.1 Å². The van der Waals surface area contributed by atoms with Gasteiger partial charge in [0, 0.05) is 0 Å². The van der Waals surface area contributed by atoms with Gasteiger partial charge in [-0.2, -0.15) is 0 Å². The minimum atomic E-state index is 0.748. The Morgan fingerprint density at radius 3 is 2.55 bits per heavy atom. The van der Waals surface area contributed by atoms with E-state index >= 15 is 0 Å². The summed E-state index contributed by atoms with van der Waals surface area (Å²) in [5.74, 6) is 2.53. The molecule has 0 saturated carbocycles. The third-order valence-corrected chi connectivity index (χ3v) is 3.83. The molecule has 1 aromatic carbocycles. The average Bonchev–Trinajstić information content (AvgIpc) is 2.40. The topological polar surface area (TPSA) is 9.23 Å². The second-order valence-electron chi connectivity index (χ2n) is 6.29. The standard InChI is InChI=1S/C19H30O/c1-6-18-14-19(11-10-17(18)5)20-13-12-16(4)9-7-8-15(2)3/h6,10-11,14-16H,1,7-9,12-13H2,2-5H3. The van der Waals surface area contributed by atoms with E-state index in [1.165, 1.54) is 24.8 Å². The molecule has 0 radical (unpaired) electrons. The number of benzene rings is 1. The molecule has 0 saturated heterocycles. The Hall–Kier alpha value is -1.24. The van der Waals surface area contributed by atoms with E-state index in [0.29, 0.717) is 0 Å². The Morgan fingerprint density at radius 1 is 1.15 bits per heavy atom. The van der Waals surface area contributed by atoms with Gasteiger partial charge in [-0.15, -0.1) is 0 Å². The van der Waals surface area contributed by atoms with Crippen LogP contribution in [0.1, 0.15) is 57.6 Å². The number of rotatable bonds is 9. The highest BCUT2D eigenvalue weighted by atomic mass is 16.5. The van der Waals surface area contributed by atoms with Crippen LogP contribution in [0.25, 0.3) is 6.08 Å². The zero-order chi connectivity index (χ0) is 15.0. The van der Waals surface area contributed by atoms with Gasteiger partial charge in [-0.05, 0) is 48.4 Å². The van der Waals surface area contributed by atoms with Gasteiger partial charge in [-0.1, -0.05) is 58.8 Å². The molecular weight excluding hydrogens is 244 g/mol. The van der Waals surface area contributed by atoms with Gasteiger partial charge in [0.2, 0.25) is 0 Å². The monoisotopic (exact) mass is 274 g/mol. The highest BCUT2D eigenvalue weighted by molar-refractivity contribution is 5.54. The molecule has 20 heavy (non-hydrogen) atoms. The lowest BCUT2D eigenvalue weighted by molar-refractivity contribution is 0.275. The summed E-state index contributed by atoms with van der Waals surface area (Å²) in [7, 11) is 0. The van der Waals surface area contributed by atoms with Gasteiger partial charge in [0.25, 0.3) is 0 Å². The molecule has 0 amide bonds. The van der Waals surface area contributed by atoms with Crippen LogP contribution in [0.3, 0.4) is 0 Å². The third-order valence-electron chi connectivity index (χ3n) is 3.83. The zero-order valence-corrected chi connectivity index (χ0v) is 13.6. The molecule has 1 unspecified atom stereocenters. The van der Waals surface area contributed by atoms with Crippen molar-refractivity contribution in [2.75, 3.05) is 6.61 Å². The molecule has 1 nitrogen and oxygen atoms in total. The number of ether oxygens (including phenoxy) is 1. The van der Waals surface area contributed by atoms with Crippen LogP contribution in [-0.2, 0) is 0 Å². The van der Waals surface area contributed by atoms with Gasteiger partial charge in [-0.3, -0.25) is 0 Å². The molecule has 0 aliphatic rings. The maximum absolute atomic E-state index is 5.85. The van der Waals surface area contributed by atoms with Gasteiger partial charge < -0.3 is 4.74 Å². The van der Waals surface area contributed by atoms with Crippen LogP contribution in [0.15, 0.2) is 24.8 Å². The summed E-state index contributed by atoms with van der Waals surface area (Å²) in [5, 5.41) is 0. The van der Waals surface area contributed by atoms with Crippen molar-refractivity contribution in [1.82, 2.24) is 0 Å². The lowest BCUT2D eigenvalue weighted by atomic mass is 9.98. The molecule has 0 bridgehead atoms. The fourth-order valence-electron chi connectivity index (χ4n) is 2.33. The summed E-state index contributed by atoms with van der Waals surface area (Å²) in [6.45, 7) is 13.7. The predicted molar refractivity (Wildman–Crippen MR) is 89.2 cm³/mol. The third kappa shape index (κ3) is 6.27. The van der Waals surface area contributed by atoms with Crippen LogP contribution in [-0.4, -0.2) is 6.61 Å². The SMILES string of the molecule is C=Cc1cc(OCCC(C)CCCC(C)C)ccc1C. The van der Waals surface area contributed by atoms with Crippen LogP contribution >= 0.6 is 0 Å². The molecule has 0 aromatic heterocycles. The van der Waals surface area contributed by atoms with Crippen LogP contribution < -0.4 is 4.74 Å². The second kappa shape index (κ2) is 8.84. The molecule has 1 atom stereocenters. The largest absolute Gasteiger partial charge is 0.494 e. The van der Waals surface area contributed by atoms with Gasteiger partial charge in [-0.25, -0.2) is 0 Å². The van der Waals surface area contributed by atoms with Gasteiger partial charge in [0.1, 0.15) is 5.75 Å². The summed E-state index contributed by atoms with van der Waals surface area (Å²) in [4.78, 5) is 0. The minimum Gasteiger partial charge on any atom is -0.494 e. The van der Waals surface area contributed by atoms with E-state index in [1.54, 1.807) is 0 Å². The van der Waals surface area contributed by atoms with Gasteiger partial charge in [0.05, 0.1) is 6.61 Å². The second-order valence-corrected chi connectivity index (χ2v) is 6.29. The first-order valence-electron chi connectivity index (χ1n) is 7.88. The summed E-state index contributed by atoms with van der Waals surface area (Å²) in [6.07, 6.45) is 7.01. The lowest BCUT2D eigenvalue weighted by Gasteiger charge is -2.13. The molecule has 0 aliphatic heterocycles. The number of hydrogen-bond acceptors (Lipinski definition) is 1. The Kier molecular flexibility index (Phi) is 7.43. The number of hydrogen-bond donors (Lipinski definition) is 0. The molecule has 0 aliphatic carbocycles. The first-order valence-corrected chi connectivity index (χ1v) is 7.88. The van der Waals surface area contributed by atoms with Crippen LogP contribution in [0.4, 0.5) is 0 Å². The molecule has 1 rings (SSSR count). The summed E-state index contributed by atoms with van der Waals surface area (Å²) >= 11 is 0. The van der Waals surface area contributed by atoms with E-state index in [4.69, 9.17) is 4.74 Å². The summed E-state index contributed by atoms with van der Waals surface area (Å²) in [6, 6.07) is 6.22. The van der Waals surface area contributed by atoms with Crippen molar-refractivity contribution >= 4 is 6.08 Å². The summed E-state index contributed by atoms with van der Waals surface area (Å²) < 4.78 is 5.85. The van der Waals surface area contributed by atoms with Crippen molar-refractivity contribution < 1.29 is 4.74 Å². The normalized spacial score (nSPS) is 12.4. The van der Waals surface area contributed by atoms with E-state index in [2.05, 4.69) is 46.4 Å². The molecular formula is C19H30O. The fourth-order valence-corrected chi connectivity index (χ4v) is 2.33. The zero-order valence-electron chi connectivity index (χ0n) is 13.6. The van der Waals surface area contributed by atoms with Crippen LogP contribution in [0.2, 0.25) is 0 Å². The fraction of sp³-hybridized carbons (Fsp3) is 0.579. The van der Waals surface area contributed by atoms with Gasteiger partial charge in [0.15, 0.2) is 0 Å². The van der Waals surface area contributed by atoms with Gasteiger partial charge >= 0.3 is 0 Å². The van der Waals surface area contributed by atoms with Crippen molar-refractivity contribution in [2.24, 2.45) is 11.8 Å². The first-order chi connectivity index (χ1) is 9.52. The predicted octanol–water partition coefficient (Wildman–Crippen LogP) is 5.87. The Labute approximate surface area is 125 Å². The molecule has 0 heterocycles. The first kappa shape index (κ1) is 16.8. The van der Waals surface area contributed by atoms with E-state index < -0.39 is 0 Å². The smallest absolute Gasteiger partial charge is 0.119 e. The molecule has 1 heteroatoms. The quantitative estimate of drug-likeness (QED) is 0.547. The summed E-state index contributed by atoms with van der Waals surface area (Å²) in [5.41, 5.74) is 2.40. The average molecular weight is 274 g/mol. The van der Waals surface area contributed by atoms with E-state index in [0.717, 1.165) is 36.2 Å². The van der Waals surface area contributed by atoms with Crippen molar-refractivity contribution in [1.29, 1.82) is 0 Å². The molecule has 0 fully saturated rings.